The monoisotopic (exact) mass is 581 g/mol. The number of ether oxygens (including phenoxy) is 3. The molecule has 0 aromatic heterocycles. The molecule has 3 aromatic rings. The van der Waals surface area contributed by atoms with Crippen LogP contribution in [0.3, 0.4) is 0 Å². The summed E-state index contributed by atoms with van der Waals surface area (Å²) in [6, 6.07) is 20.4. The number of carbonyl (C=O) groups excluding carboxylic acids is 2. The summed E-state index contributed by atoms with van der Waals surface area (Å²) in [5.74, 6) is 0.619. The molecule has 0 unspecified atom stereocenters. The zero-order chi connectivity index (χ0) is 29.4. The Morgan fingerprint density at radius 1 is 0.976 bits per heavy atom. The lowest BCUT2D eigenvalue weighted by Crippen LogP contribution is -2.53. The normalized spacial score (nSPS) is 12.9. The number of benzene rings is 3. The maximum Gasteiger partial charge on any atom is 0.244 e. The van der Waals surface area contributed by atoms with Crippen LogP contribution in [0.4, 0.5) is 5.69 Å². The van der Waals surface area contributed by atoms with Crippen LogP contribution in [0.5, 0.6) is 17.2 Å². The van der Waals surface area contributed by atoms with E-state index in [1.54, 1.807) is 37.4 Å². The van der Waals surface area contributed by atoms with Crippen LogP contribution in [-0.4, -0.2) is 64.4 Å². The molecule has 0 saturated carbocycles. The number of nitrogens with zero attached hydrogens (tertiary/aromatic N) is 2. The van der Waals surface area contributed by atoms with E-state index in [-0.39, 0.29) is 31.4 Å². The molecule has 0 spiro atoms. The van der Waals surface area contributed by atoms with Crippen molar-refractivity contribution in [3.63, 3.8) is 0 Å². The summed E-state index contributed by atoms with van der Waals surface area (Å²) in [6.07, 6.45) is 2.00. The fourth-order valence-corrected chi connectivity index (χ4v) is 5.38. The summed E-state index contributed by atoms with van der Waals surface area (Å²) in [4.78, 5) is 29.1. The summed E-state index contributed by atoms with van der Waals surface area (Å²) in [5.41, 5.74) is 1.85. The number of nitrogens with one attached hydrogen (secondary N) is 1. The first-order valence-corrected chi connectivity index (χ1v) is 15.2. The number of rotatable bonds is 13. The predicted octanol–water partition coefficient (Wildman–Crippen LogP) is 3.36. The van der Waals surface area contributed by atoms with Crippen LogP contribution in [0.15, 0.2) is 72.8 Å². The highest BCUT2D eigenvalue weighted by Crippen LogP contribution is 2.36. The second-order valence-electron chi connectivity index (χ2n) is 9.68. The Balaban J connectivity index is 1.72. The Hall–Kier alpha value is -4.25. The van der Waals surface area contributed by atoms with Gasteiger partial charge in [-0.05, 0) is 41.8 Å². The second-order valence-corrected chi connectivity index (χ2v) is 11.6. The zero-order valence-electron chi connectivity index (χ0n) is 23.4. The quantitative estimate of drug-likeness (QED) is 0.329. The van der Waals surface area contributed by atoms with Crippen molar-refractivity contribution in [2.45, 2.75) is 32.4 Å². The number of carbonyl (C=O) groups is 2. The number of methoxy groups -OCH3 is 1. The summed E-state index contributed by atoms with van der Waals surface area (Å²) >= 11 is 0. The molecule has 1 heterocycles. The SMILES string of the molecule is CCCNC(=O)[C@H](Cc1ccccc1)N(Cc1cccc(OC)c1)C(=O)CN(c1ccc2c(c1)OCO2)S(C)(=O)=O. The molecule has 0 saturated heterocycles. The van der Waals surface area contributed by atoms with Gasteiger partial charge in [0.15, 0.2) is 11.5 Å². The first-order chi connectivity index (χ1) is 19.7. The van der Waals surface area contributed by atoms with E-state index in [1.165, 1.54) is 11.0 Å². The van der Waals surface area contributed by atoms with Gasteiger partial charge in [0.1, 0.15) is 18.3 Å². The van der Waals surface area contributed by atoms with Gasteiger partial charge in [-0.1, -0.05) is 49.4 Å². The van der Waals surface area contributed by atoms with Crippen molar-refractivity contribution in [2.24, 2.45) is 0 Å². The van der Waals surface area contributed by atoms with E-state index >= 15 is 0 Å². The fourth-order valence-electron chi connectivity index (χ4n) is 4.54. The summed E-state index contributed by atoms with van der Waals surface area (Å²) in [6.45, 7) is 1.96. The number of hydrogen-bond donors (Lipinski definition) is 1. The minimum Gasteiger partial charge on any atom is -0.497 e. The Bertz CT molecular complexity index is 1460. The molecular formula is C30H35N3O7S. The summed E-state index contributed by atoms with van der Waals surface area (Å²) in [7, 11) is -2.35. The Kier molecular flexibility index (Phi) is 9.72. The number of fused-ring (bicyclic) bond motifs is 1. The molecule has 0 fully saturated rings. The van der Waals surface area contributed by atoms with Crippen LogP contribution in [0.25, 0.3) is 0 Å². The molecule has 1 aliphatic heterocycles. The van der Waals surface area contributed by atoms with E-state index in [1.807, 2.05) is 43.3 Å². The van der Waals surface area contributed by atoms with E-state index in [0.29, 0.717) is 23.8 Å². The highest BCUT2D eigenvalue weighted by molar-refractivity contribution is 7.92. The summed E-state index contributed by atoms with van der Waals surface area (Å²) in [5, 5.41) is 2.92. The molecule has 0 bridgehead atoms. The first-order valence-electron chi connectivity index (χ1n) is 13.3. The van der Waals surface area contributed by atoms with Gasteiger partial charge in [0.05, 0.1) is 19.1 Å². The van der Waals surface area contributed by atoms with Crippen LogP contribution < -0.4 is 23.8 Å². The zero-order valence-corrected chi connectivity index (χ0v) is 24.2. The van der Waals surface area contributed by atoms with E-state index in [4.69, 9.17) is 14.2 Å². The molecule has 11 heteroatoms. The third-order valence-corrected chi connectivity index (χ3v) is 7.77. The molecule has 41 heavy (non-hydrogen) atoms. The third kappa shape index (κ3) is 7.69. The van der Waals surface area contributed by atoms with Crippen LogP contribution in [0.1, 0.15) is 24.5 Å². The van der Waals surface area contributed by atoms with Crippen LogP contribution in [-0.2, 0) is 32.6 Å². The van der Waals surface area contributed by atoms with Gasteiger partial charge in [0.2, 0.25) is 28.6 Å². The van der Waals surface area contributed by atoms with Crippen LogP contribution >= 0.6 is 0 Å². The minimum atomic E-state index is -3.90. The van der Waals surface area contributed by atoms with Gasteiger partial charge in [-0.15, -0.1) is 0 Å². The molecule has 218 valence electrons. The van der Waals surface area contributed by atoms with Crippen molar-refractivity contribution in [1.82, 2.24) is 10.2 Å². The molecule has 0 radical (unpaired) electrons. The van der Waals surface area contributed by atoms with E-state index in [2.05, 4.69) is 5.32 Å². The molecule has 0 aliphatic carbocycles. The van der Waals surface area contributed by atoms with Crippen molar-refractivity contribution >= 4 is 27.5 Å². The number of hydrogen-bond acceptors (Lipinski definition) is 7. The maximum absolute atomic E-state index is 14.1. The Morgan fingerprint density at radius 3 is 2.41 bits per heavy atom. The van der Waals surface area contributed by atoms with Crippen molar-refractivity contribution in [3.05, 3.63) is 83.9 Å². The van der Waals surface area contributed by atoms with Crippen molar-refractivity contribution in [1.29, 1.82) is 0 Å². The van der Waals surface area contributed by atoms with Gasteiger partial charge in [-0.25, -0.2) is 8.42 Å². The fraction of sp³-hybridized carbons (Fsp3) is 0.333. The Labute approximate surface area is 240 Å². The average molecular weight is 582 g/mol. The topological polar surface area (TPSA) is 114 Å². The third-order valence-electron chi connectivity index (χ3n) is 6.63. The van der Waals surface area contributed by atoms with Crippen molar-refractivity contribution in [2.75, 3.05) is 37.6 Å². The largest absolute Gasteiger partial charge is 0.497 e. The van der Waals surface area contributed by atoms with Crippen LogP contribution in [0.2, 0.25) is 0 Å². The van der Waals surface area contributed by atoms with Gasteiger partial charge in [-0.3, -0.25) is 13.9 Å². The first kappa shape index (κ1) is 29.7. The molecule has 10 nitrogen and oxygen atoms in total. The van der Waals surface area contributed by atoms with E-state index in [9.17, 15) is 18.0 Å². The number of anilines is 1. The standard InChI is InChI=1S/C30H35N3O7S/c1-4-15-31-30(35)26(17-22-9-6-5-7-10-22)32(19-23-11-8-12-25(16-23)38-2)29(34)20-33(41(3,36)37)24-13-14-27-28(18-24)40-21-39-27/h5-14,16,18,26H,4,15,17,19-21H2,1-3H3,(H,31,35)/t26-/m0/s1. The molecular weight excluding hydrogens is 546 g/mol. The maximum atomic E-state index is 14.1. The van der Waals surface area contributed by atoms with Gasteiger partial charge >= 0.3 is 0 Å². The molecule has 4 rings (SSSR count). The average Bonchev–Trinajstić information content (AvgIpc) is 3.44. The van der Waals surface area contributed by atoms with Gasteiger partial charge < -0.3 is 24.4 Å². The van der Waals surface area contributed by atoms with E-state index < -0.39 is 28.5 Å². The molecule has 3 aromatic carbocycles. The molecule has 2 amide bonds. The number of sulfonamides is 1. The lowest BCUT2D eigenvalue weighted by Gasteiger charge is -2.33. The van der Waals surface area contributed by atoms with Gasteiger partial charge in [0, 0.05) is 25.6 Å². The summed E-state index contributed by atoms with van der Waals surface area (Å²) < 4.78 is 43.1. The van der Waals surface area contributed by atoms with Crippen molar-refractivity contribution < 1.29 is 32.2 Å². The highest BCUT2D eigenvalue weighted by Gasteiger charge is 2.33. The smallest absolute Gasteiger partial charge is 0.244 e. The van der Waals surface area contributed by atoms with E-state index in [0.717, 1.165) is 28.1 Å². The Morgan fingerprint density at radius 2 is 1.71 bits per heavy atom. The molecule has 1 aliphatic rings. The van der Waals surface area contributed by atoms with Crippen LogP contribution in [0, 0.1) is 0 Å². The molecule has 1 atom stereocenters. The van der Waals surface area contributed by atoms with Crippen molar-refractivity contribution in [3.8, 4) is 17.2 Å². The molecule has 1 N–H and O–H groups in total. The lowest BCUT2D eigenvalue weighted by atomic mass is 10.0. The predicted molar refractivity (Wildman–Crippen MR) is 156 cm³/mol. The second kappa shape index (κ2) is 13.4. The van der Waals surface area contributed by atoms with Gasteiger partial charge in [-0.2, -0.15) is 0 Å². The highest BCUT2D eigenvalue weighted by atomic mass is 32.2. The lowest BCUT2D eigenvalue weighted by molar-refractivity contribution is -0.140. The minimum absolute atomic E-state index is 0.0267. The van der Waals surface area contributed by atoms with Gasteiger partial charge in [0.25, 0.3) is 0 Å². The number of amides is 2.